The molecular formula is C73H77BrN4O14. The number of allylic oxidation sites excluding steroid dienone is 1. The quantitative estimate of drug-likeness (QED) is 0.0218. The summed E-state index contributed by atoms with van der Waals surface area (Å²) in [6.07, 6.45) is 1.21. The number of hydrogen-bond donors (Lipinski definition) is 7. The van der Waals surface area contributed by atoms with E-state index in [2.05, 4.69) is 52.4 Å². The second-order valence-corrected chi connectivity index (χ2v) is 20.9. The highest BCUT2D eigenvalue weighted by molar-refractivity contribution is 6.08. The summed E-state index contributed by atoms with van der Waals surface area (Å²) < 4.78 is 31.0. The second-order valence-electron chi connectivity index (χ2n) is 20.9. The van der Waals surface area contributed by atoms with Crippen LogP contribution in [0.25, 0.3) is 50.8 Å². The molecule has 480 valence electrons. The molecule has 0 fully saturated rings. The number of H-pyrrole nitrogens is 3. The van der Waals surface area contributed by atoms with Crippen molar-refractivity contribution in [3.8, 4) is 103 Å². The Labute approximate surface area is 546 Å². The van der Waals surface area contributed by atoms with E-state index in [9.17, 15) is 39.9 Å². The van der Waals surface area contributed by atoms with E-state index in [1.807, 2.05) is 82.3 Å². The van der Waals surface area contributed by atoms with E-state index >= 15 is 0 Å². The van der Waals surface area contributed by atoms with Crippen LogP contribution in [-0.2, 0) is 0 Å². The van der Waals surface area contributed by atoms with Gasteiger partial charge in [-0.3, -0.25) is 19.5 Å². The molecule has 19 heteroatoms. The lowest BCUT2D eigenvalue weighted by Crippen LogP contribution is -3.00. The predicted octanol–water partition coefficient (Wildman–Crippen LogP) is 11.9. The van der Waals surface area contributed by atoms with Crippen LogP contribution in [0.4, 0.5) is 0 Å². The number of ether oxygens (including phenoxy) is 6. The Hall–Kier alpha value is -10.8. The predicted molar refractivity (Wildman–Crippen MR) is 353 cm³/mol. The van der Waals surface area contributed by atoms with Crippen LogP contribution in [0.2, 0.25) is 0 Å². The van der Waals surface area contributed by atoms with Gasteiger partial charge in [0.2, 0.25) is 5.69 Å². The number of aliphatic hydroxyl groups excluding tert-OH is 1. The first kappa shape index (κ1) is 72.0. The summed E-state index contributed by atoms with van der Waals surface area (Å²) >= 11 is 0. The summed E-state index contributed by atoms with van der Waals surface area (Å²) in [5, 5.41) is 61.2. The van der Waals surface area contributed by atoms with Gasteiger partial charge in [-0.25, -0.2) is 0 Å². The maximum Gasteiger partial charge on any atom is 0.236 e. The van der Waals surface area contributed by atoms with E-state index in [-0.39, 0.29) is 63.1 Å². The minimum atomic E-state index is -0.304. The maximum atomic E-state index is 12.3. The Bertz CT molecular complexity index is 4160. The Morgan fingerprint density at radius 2 is 0.804 bits per heavy atom. The summed E-state index contributed by atoms with van der Waals surface area (Å²) in [5.41, 5.74) is 16.4. The number of aromatic nitrogens is 4. The lowest BCUT2D eigenvalue weighted by atomic mass is 10.0. The Morgan fingerprint density at radius 3 is 1.32 bits per heavy atom. The molecule has 8 aromatic carbocycles. The highest BCUT2D eigenvalue weighted by Gasteiger charge is 2.16. The van der Waals surface area contributed by atoms with Crippen LogP contribution >= 0.6 is 0 Å². The minimum absolute atomic E-state index is 0. The van der Waals surface area contributed by atoms with Gasteiger partial charge in [-0.2, -0.15) is 10.2 Å². The molecule has 0 unspecified atom stereocenters. The maximum absolute atomic E-state index is 12.3. The minimum Gasteiger partial charge on any atom is -1.00 e. The number of aliphatic hydroxyl groups is 1. The number of hydrogen-bond acceptors (Lipinski definition) is 15. The lowest BCUT2D eigenvalue weighted by Gasteiger charge is -2.08. The number of carbonyl (C=O) groups excluding carboxylic acids is 3. The number of carbonyl (C=O) groups is 3. The molecule has 0 aliphatic heterocycles. The third-order valence-corrected chi connectivity index (χ3v) is 14.7. The highest BCUT2D eigenvalue weighted by Crippen LogP contribution is 2.36. The van der Waals surface area contributed by atoms with Crippen molar-refractivity contribution in [1.82, 2.24) is 15.3 Å². The molecule has 0 radical (unpaired) electrons. The average Bonchev–Trinajstić information content (AvgIpc) is 2.26. The lowest BCUT2D eigenvalue weighted by molar-refractivity contribution is -0.436. The van der Waals surface area contributed by atoms with E-state index in [1.54, 1.807) is 96.0 Å². The SMILES string of the molecule is CC(=O)c1ccc(C)c(C)c1.COc1ccc(-c2cc(-c3ccc(C)c(C)c3)n[nH]2)cc1OC.COc1ccc(C(=O)C=C(O)c2ccc(C)c(C)c2)cc1OC.COc1ccc(C(C)=O)cc1OC.Oc1ccc(-c2cc(-c3ccc(O)c(O)c3)[nH+][nH]2)cc1O.[Br-]. The molecule has 0 aliphatic rings. The molecule has 0 aliphatic carbocycles. The number of phenols is 4. The van der Waals surface area contributed by atoms with Gasteiger partial charge in [0.25, 0.3) is 0 Å². The van der Waals surface area contributed by atoms with Crippen LogP contribution in [0.15, 0.2) is 164 Å². The summed E-state index contributed by atoms with van der Waals surface area (Å²) in [7, 11) is 9.41. The summed E-state index contributed by atoms with van der Waals surface area (Å²) in [6, 6.07) is 46.3. The van der Waals surface area contributed by atoms with Gasteiger partial charge in [0.1, 0.15) is 11.5 Å². The molecular weight excluding hydrogens is 1240 g/mol. The monoisotopic (exact) mass is 1310 g/mol. The van der Waals surface area contributed by atoms with Gasteiger partial charge in [0, 0.05) is 51.1 Å². The van der Waals surface area contributed by atoms with Crippen molar-refractivity contribution in [3.63, 3.8) is 0 Å². The molecule has 0 saturated heterocycles. The van der Waals surface area contributed by atoms with Gasteiger partial charge >= 0.3 is 0 Å². The smallest absolute Gasteiger partial charge is 0.236 e. The first-order valence-corrected chi connectivity index (χ1v) is 28.5. The third-order valence-electron chi connectivity index (χ3n) is 14.7. The number of rotatable bonds is 15. The summed E-state index contributed by atoms with van der Waals surface area (Å²) in [5.74, 6) is 2.65. The van der Waals surface area contributed by atoms with Crippen molar-refractivity contribution in [2.45, 2.75) is 55.4 Å². The van der Waals surface area contributed by atoms with Crippen molar-refractivity contribution in [2.24, 2.45) is 0 Å². The fourth-order valence-corrected chi connectivity index (χ4v) is 8.76. The fraction of sp³-hybridized carbons (Fsp3) is 0.192. The third kappa shape index (κ3) is 19.1. The van der Waals surface area contributed by atoms with Gasteiger partial charge in [-0.1, -0.05) is 36.4 Å². The molecule has 0 amide bonds. The van der Waals surface area contributed by atoms with Crippen molar-refractivity contribution in [1.29, 1.82) is 0 Å². The molecule has 2 aromatic heterocycles. The highest BCUT2D eigenvalue weighted by atomic mass is 79.9. The van der Waals surface area contributed by atoms with Crippen LogP contribution in [0, 0.1) is 41.5 Å². The van der Waals surface area contributed by atoms with E-state index in [4.69, 9.17) is 28.4 Å². The van der Waals surface area contributed by atoms with Crippen LogP contribution in [-0.4, -0.2) is 101 Å². The molecule has 0 saturated carbocycles. The van der Waals surface area contributed by atoms with Gasteiger partial charge in [-0.15, -0.1) is 5.10 Å². The topological polar surface area (TPSA) is 266 Å². The Morgan fingerprint density at radius 1 is 0.402 bits per heavy atom. The number of benzene rings is 8. The Kier molecular flexibility index (Phi) is 26.4. The number of phenolic OH excluding ortho intramolecular Hbond substituents is 4. The zero-order chi connectivity index (χ0) is 66.6. The number of aromatic amines is 3. The Balaban J connectivity index is 0.000000214. The number of ketones is 3. The zero-order valence-electron chi connectivity index (χ0n) is 53.8. The first-order valence-electron chi connectivity index (χ1n) is 28.5. The van der Waals surface area contributed by atoms with Crippen molar-refractivity contribution in [3.05, 3.63) is 219 Å². The van der Waals surface area contributed by atoms with Crippen molar-refractivity contribution < 1.29 is 90.4 Å². The van der Waals surface area contributed by atoms with Crippen LogP contribution < -0.4 is 50.5 Å². The largest absolute Gasteiger partial charge is 1.00 e. The summed E-state index contributed by atoms with van der Waals surface area (Å²) in [4.78, 5) is 34.2. The van der Waals surface area contributed by atoms with Crippen LogP contribution in [0.1, 0.15) is 83.9 Å². The standard InChI is InChI=1S/C19H20N2O2.C19H20O4.C15H12N2O4.C10H12O3.C10H12O.BrH/c1-12-5-6-14(9-13(12)2)16-11-17(21-20-16)15-7-8-18(22-3)19(10-15)23-4;1-12-5-6-14(9-13(12)2)16(20)11-17(21)15-7-8-18(22-3)19(10-15)23-4;18-12-3-1-8(5-14(12)20)10-7-11(17-16-10)9-2-4-13(19)15(21)6-9;1-7(11)8-4-5-9(12-2)10(6-8)13-3;1-7-4-5-10(9(3)11)6-8(7)2;/h5-11H,1-4H3,(H,20,21);5-11,20H,1-4H3;1-7,18-21H,(H,16,17);4-6H,1-3H3;4-6H,1-3H3;1H. The first-order chi connectivity index (χ1) is 43.4. The molecule has 0 bridgehead atoms. The number of nitrogens with zero attached hydrogens (tertiary/aromatic N) is 1. The molecule has 10 rings (SSSR count). The van der Waals surface area contributed by atoms with E-state index in [0.29, 0.717) is 73.7 Å². The van der Waals surface area contributed by atoms with Crippen molar-refractivity contribution >= 4 is 23.1 Å². The number of halogens is 1. The number of methoxy groups -OCH3 is 6. The van der Waals surface area contributed by atoms with Gasteiger partial charge in [-0.05, 0) is 204 Å². The van der Waals surface area contributed by atoms with Crippen LogP contribution in [0.3, 0.4) is 0 Å². The second kappa shape index (κ2) is 33.7. The van der Waals surface area contributed by atoms with E-state index < -0.39 is 0 Å². The molecule has 2 heterocycles. The number of aryl methyl sites for hydroxylation is 6. The molecule has 92 heavy (non-hydrogen) atoms. The molecule has 0 atom stereocenters. The van der Waals surface area contributed by atoms with E-state index in [0.717, 1.165) is 39.2 Å². The molecule has 8 N–H and O–H groups in total. The molecule has 18 nitrogen and oxygen atoms in total. The normalized spacial score (nSPS) is 10.4. The van der Waals surface area contributed by atoms with Crippen molar-refractivity contribution in [2.75, 3.05) is 42.7 Å². The molecule has 0 spiro atoms. The number of nitrogens with one attached hydrogen (secondary N) is 3. The summed E-state index contributed by atoms with van der Waals surface area (Å²) in [6.45, 7) is 15.3. The average molecular weight is 1310 g/mol. The van der Waals surface area contributed by atoms with Gasteiger partial charge in [0.05, 0.1) is 59.6 Å². The van der Waals surface area contributed by atoms with Gasteiger partial charge in [0.15, 0.2) is 74.8 Å². The number of aromatic hydroxyl groups is 4. The number of Topliss-reactive ketones (excluding diaryl/α,β-unsaturated/α-hetero) is 2. The fourth-order valence-electron chi connectivity index (χ4n) is 8.76. The van der Waals surface area contributed by atoms with Crippen LogP contribution in [0.5, 0.6) is 57.5 Å². The van der Waals surface area contributed by atoms with E-state index in [1.165, 1.54) is 73.7 Å². The zero-order valence-corrected chi connectivity index (χ0v) is 55.4. The van der Waals surface area contributed by atoms with Gasteiger partial charge < -0.3 is 70.9 Å². The molecule has 10 aromatic rings.